The summed E-state index contributed by atoms with van der Waals surface area (Å²) in [6, 6.07) is 16.0. The van der Waals surface area contributed by atoms with E-state index in [2.05, 4.69) is 5.32 Å². The van der Waals surface area contributed by atoms with Gasteiger partial charge in [-0.15, -0.1) is 0 Å². The molecule has 31 heavy (non-hydrogen) atoms. The van der Waals surface area contributed by atoms with Gasteiger partial charge in [0.05, 0.1) is 35.7 Å². The van der Waals surface area contributed by atoms with Crippen LogP contribution in [0.2, 0.25) is 5.02 Å². The zero-order valence-corrected chi connectivity index (χ0v) is 18.3. The fourth-order valence-electron chi connectivity index (χ4n) is 3.00. The fraction of sp³-hybridized carbons (Fsp3) is 0.227. The van der Waals surface area contributed by atoms with Crippen LogP contribution in [0.25, 0.3) is 0 Å². The Balaban J connectivity index is 1.67. The van der Waals surface area contributed by atoms with Crippen molar-refractivity contribution < 1.29 is 22.4 Å². The number of carbonyl (C=O) groups excluding carboxylic acids is 1. The van der Waals surface area contributed by atoms with Gasteiger partial charge in [-0.3, -0.25) is 0 Å². The number of nitrogens with two attached hydrogens (primary N) is 1. The number of ether oxygens (including phenoxy) is 1. The molecule has 0 aliphatic rings. The van der Waals surface area contributed by atoms with Crippen molar-refractivity contribution in [1.29, 1.82) is 0 Å². The molecule has 9 heteroatoms. The maximum absolute atomic E-state index is 12.7. The second kappa shape index (κ2) is 10.5. The molecule has 3 aromatic rings. The molecule has 0 unspecified atom stereocenters. The van der Waals surface area contributed by atoms with Crippen LogP contribution in [0.4, 0.5) is 5.69 Å². The second-order valence-corrected chi connectivity index (χ2v) is 8.82. The van der Waals surface area contributed by atoms with Gasteiger partial charge in [0.1, 0.15) is 10.7 Å². The molecule has 7 nitrogen and oxygen atoms in total. The number of hydrogen-bond donors (Lipinski definition) is 2. The van der Waals surface area contributed by atoms with E-state index in [0.29, 0.717) is 17.9 Å². The van der Waals surface area contributed by atoms with Gasteiger partial charge in [-0.1, -0.05) is 41.9 Å². The van der Waals surface area contributed by atoms with Crippen LogP contribution in [-0.2, 0) is 27.7 Å². The molecule has 0 aliphatic heterocycles. The molecule has 0 saturated carbocycles. The Kier molecular flexibility index (Phi) is 7.73. The minimum atomic E-state index is -4.11. The Hall–Kier alpha value is -2.81. The average Bonchev–Trinajstić information content (AvgIpc) is 3.25. The van der Waals surface area contributed by atoms with Crippen molar-refractivity contribution in [3.05, 3.63) is 82.8 Å². The molecule has 0 atom stereocenters. The number of hydrogen-bond acceptors (Lipinski definition) is 6. The summed E-state index contributed by atoms with van der Waals surface area (Å²) >= 11 is 6.08. The zero-order valence-electron chi connectivity index (χ0n) is 16.7. The number of esters is 1. The standard InChI is InChI=1S/C22H23ClN2O5S/c23-19-14-20(25-15-17-10-6-12-29-17)18(13-21(19)31(24,27)28)22(26)30-11-5-4-9-16-7-2-1-3-8-16/h1-3,6-8,10,12-14,25H,4-5,9,11,15H2,(H2,24,27,28). The van der Waals surface area contributed by atoms with Crippen molar-refractivity contribution in [2.24, 2.45) is 5.14 Å². The van der Waals surface area contributed by atoms with Gasteiger partial charge in [0, 0.05) is 0 Å². The smallest absolute Gasteiger partial charge is 0.340 e. The quantitative estimate of drug-likeness (QED) is 0.341. The van der Waals surface area contributed by atoms with Crippen molar-refractivity contribution in [2.75, 3.05) is 11.9 Å². The first-order valence-electron chi connectivity index (χ1n) is 9.68. The fourth-order valence-corrected chi connectivity index (χ4v) is 4.10. The first-order chi connectivity index (χ1) is 14.8. The molecule has 0 radical (unpaired) electrons. The van der Waals surface area contributed by atoms with Crippen LogP contribution in [0.15, 0.2) is 70.2 Å². The lowest BCUT2D eigenvalue weighted by Crippen LogP contribution is -2.16. The van der Waals surface area contributed by atoms with E-state index in [1.165, 1.54) is 17.9 Å². The molecule has 1 heterocycles. The Labute approximate surface area is 186 Å². The van der Waals surface area contributed by atoms with Crippen LogP contribution in [0.1, 0.15) is 34.5 Å². The summed E-state index contributed by atoms with van der Waals surface area (Å²) in [5.74, 6) is -0.0323. The molecule has 0 amide bonds. The maximum Gasteiger partial charge on any atom is 0.340 e. The third-order valence-corrected chi connectivity index (χ3v) is 5.94. The average molecular weight is 463 g/mol. The number of primary sulfonamides is 1. The van der Waals surface area contributed by atoms with Crippen LogP contribution in [0.5, 0.6) is 0 Å². The number of benzene rings is 2. The normalized spacial score (nSPS) is 11.3. The lowest BCUT2D eigenvalue weighted by molar-refractivity contribution is 0.0499. The maximum atomic E-state index is 12.7. The molecule has 2 aromatic carbocycles. The van der Waals surface area contributed by atoms with Gasteiger partial charge >= 0.3 is 5.97 Å². The molecule has 0 aliphatic carbocycles. The highest BCUT2D eigenvalue weighted by atomic mass is 35.5. The molecule has 0 bridgehead atoms. The Morgan fingerprint density at radius 1 is 1.10 bits per heavy atom. The van der Waals surface area contributed by atoms with Crippen LogP contribution >= 0.6 is 11.6 Å². The Morgan fingerprint density at radius 3 is 2.55 bits per heavy atom. The first-order valence-corrected chi connectivity index (χ1v) is 11.6. The van der Waals surface area contributed by atoms with Gasteiger partial charge in [-0.05, 0) is 49.1 Å². The molecule has 164 valence electrons. The van der Waals surface area contributed by atoms with E-state index in [-0.39, 0.29) is 28.6 Å². The van der Waals surface area contributed by atoms with Crippen molar-refractivity contribution in [1.82, 2.24) is 0 Å². The lowest BCUT2D eigenvalue weighted by Gasteiger charge is -2.14. The highest BCUT2D eigenvalue weighted by Gasteiger charge is 2.21. The Morgan fingerprint density at radius 2 is 1.87 bits per heavy atom. The lowest BCUT2D eigenvalue weighted by atomic mass is 10.1. The summed E-state index contributed by atoms with van der Waals surface area (Å²) in [6.45, 7) is 0.478. The molecule has 3 N–H and O–H groups in total. The summed E-state index contributed by atoms with van der Waals surface area (Å²) in [4.78, 5) is 12.3. The van der Waals surface area contributed by atoms with Gasteiger partial charge in [0.2, 0.25) is 10.0 Å². The number of nitrogens with one attached hydrogen (secondary N) is 1. The van der Waals surface area contributed by atoms with Gasteiger partial charge in [-0.2, -0.15) is 0 Å². The van der Waals surface area contributed by atoms with Crippen molar-refractivity contribution in [3.63, 3.8) is 0 Å². The summed E-state index contributed by atoms with van der Waals surface area (Å²) in [5, 5.41) is 8.15. The van der Waals surface area contributed by atoms with Gasteiger partial charge in [0.25, 0.3) is 0 Å². The van der Waals surface area contributed by atoms with Crippen molar-refractivity contribution in [2.45, 2.75) is 30.7 Å². The summed E-state index contributed by atoms with van der Waals surface area (Å²) in [6.07, 6.45) is 3.93. The van der Waals surface area contributed by atoms with Gasteiger partial charge < -0.3 is 14.5 Å². The molecule has 3 rings (SSSR count). The zero-order chi connectivity index (χ0) is 22.3. The number of carbonyl (C=O) groups is 1. The second-order valence-electron chi connectivity index (χ2n) is 6.88. The van der Waals surface area contributed by atoms with Crippen molar-refractivity contribution in [3.8, 4) is 0 Å². The summed E-state index contributed by atoms with van der Waals surface area (Å²) < 4.78 is 34.3. The number of furan rings is 1. The highest BCUT2D eigenvalue weighted by Crippen LogP contribution is 2.29. The van der Waals surface area contributed by atoms with E-state index in [1.54, 1.807) is 12.1 Å². The van der Waals surface area contributed by atoms with Crippen molar-refractivity contribution >= 4 is 33.3 Å². The number of halogens is 1. The highest BCUT2D eigenvalue weighted by molar-refractivity contribution is 7.89. The number of rotatable bonds is 10. The molecule has 0 fully saturated rings. The monoisotopic (exact) mass is 462 g/mol. The largest absolute Gasteiger partial charge is 0.467 e. The van der Waals surface area contributed by atoms with E-state index < -0.39 is 16.0 Å². The number of aryl methyl sites for hydroxylation is 1. The number of sulfonamides is 1. The molecule has 0 spiro atoms. The SMILES string of the molecule is NS(=O)(=O)c1cc(C(=O)OCCCCc2ccccc2)c(NCc2ccco2)cc1Cl. The number of anilines is 1. The first kappa shape index (κ1) is 22.9. The summed E-state index contributed by atoms with van der Waals surface area (Å²) in [7, 11) is -4.11. The third-order valence-electron chi connectivity index (χ3n) is 4.57. The minimum Gasteiger partial charge on any atom is -0.467 e. The van der Waals surface area contributed by atoms with E-state index in [1.807, 2.05) is 30.3 Å². The number of unbranched alkanes of at least 4 members (excludes halogenated alkanes) is 1. The summed E-state index contributed by atoms with van der Waals surface area (Å²) in [5.41, 5.74) is 1.57. The van der Waals surface area contributed by atoms with Gasteiger partial charge in [-0.25, -0.2) is 18.4 Å². The van der Waals surface area contributed by atoms with Crippen LogP contribution in [-0.4, -0.2) is 21.0 Å². The van der Waals surface area contributed by atoms with E-state index in [9.17, 15) is 13.2 Å². The molecule has 0 saturated heterocycles. The minimum absolute atomic E-state index is 0.0306. The molecular weight excluding hydrogens is 440 g/mol. The Bertz CT molecular complexity index is 1120. The molecule has 1 aromatic heterocycles. The third kappa shape index (κ3) is 6.58. The van der Waals surface area contributed by atoms with Gasteiger partial charge in [0.15, 0.2) is 0 Å². The topological polar surface area (TPSA) is 112 Å². The van der Waals surface area contributed by atoms with Crippen LogP contribution in [0.3, 0.4) is 0 Å². The van der Waals surface area contributed by atoms with E-state index in [0.717, 1.165) is 18.9 Å². The van der Waals surface area contributed by atoms with Crippen LogP contribution < -0.4 is 10.5 Å². The molecular formula is C22H23ClN2O5S. The van der Waals surface area contributed by atoms with Crippen LogP contribution in [0, 0.1) is 0 Å². The van der Waals surface area contributed by atoms with E-state index in [4.69, 9.17) is 25.9 Å². The predicted molar refractivity (Wildman–Crippen MR) is 119 cm³/mol. The predicted octanol–water partition coefficient (Wildman–Crippen LogP) is 4.37. The van der Waals surface area contributed by atoms with E-state index >= 15 is 0 Å².